The van der Waals surface area contributed by atoms with E-state index in [0.717, 1.165) is 44.8 Å². The maximum absolute atomic E-state index is 13.9. The van der Waals surface area contributed by atoms with Crippen LogP contribution in [0.5, 0.6) is 5.75 Å². The lowest BCUT2D eigenvalue weighted by Gasteiger charge is -2.42. The van der Waals surface area contributed by atoms with Crippen molar-refractivity contribution in [3.8, 4) is 5.75 Å². The standard InChI is InChI=1S/C18H25FN2O3/c19-17-10-15(23)3-4-16(17)18(24)20-8-5-14(6-9-20)21-7-1-2-13(11-21)12-22/h3-4,10,13-14,22-23H,1-2,5-9,11-12H2. The molecule has 2 aliphatic rings. The van der Waals surface area contributed by atoms with Crippen LogP contribution >= 0.6 is 0 Å². The van der Waals surface area contributed by atoms with Crippen LogP contribution in [-0.2, 0) is 0 Å². The summed E-state index contributed by atoms with van der Waals surface area (Å²) in [6.45, 7) is 3.46. The molecule has 24 heavy (non-hydrogen) atoms. The van der Waals surface area contributed by atoms with Gasteiger partial charge in [0.2, 0.25) is 0 Å². The zero-order chi connectivity index (χ0) is 17.1. The lowest BCUT2D eigenvalue weighted by molar-refractivity contribution is 0.0452. The van der Waals surface area contributed by atoms with E-state index in [2.05, 4.69) is 4.90 Å². The fourth-order valence-corrected chi connectivity index (χ4v) is 3.86. The number of benzene rings is 1. The Balaban J connectivity index is 1.57. The number of phenols is 1. The lowest BCUT2D eigenvalue weighted by Crippen LogP contribution is -2.50. The van der Waals surface area contributed by atoms with Crippen molar-refractivity contribution in [1.29, 1.82) is 0 Å². The van der Waals surface area contributed by atoms with Gasteiger partial charge in [-0.05, 0) is 50.3 Å². The summed E-state index contributed by atoms with van der Waals surface area (Å²) in [6.07, 6.45) is 3.96. The Labute approximate surface area is 141 Å². The Morgan fingerprint density at radius 3 is 2.62 bits per heavy atom. The SMILES string of the molecule is O=C(c1ccc(O)cc1F)N1CCC(N2CCCC(CO)C2)CC1. The number of hydrogen-bond acceptors (Lipinski definition) is 4. The molecule has 2 saturated heterocycles. The summed E-state index contributed by atoms with van der Waals surface area (Å²) in [6, 6.07) is 4.09. The highest BCUT2D eigenvalue weighted by Crippen LogP contribution is 2.25. The maximum Gasteiger partial charge on any atom is 0.256 e. The third kappa shape index (κ3) is 3.70. The summed E-state index contributed by atoms with van der Waals surface area (Å²) >= 11 is 0. The van der Waals surface area contributed by atoms with Crippen molar-refractivity contribution in [3.63, 3.8) is 0 Å². The van der Waals surface area contributed by atoms with Gasteiger partial charge in [-0.15, -0.1) is 0 Å². The van der Waals surface area contributed by atoms with Crippen molar-refractivity contribution in [2.24, 2.45) is 5.92 Å². The Bertz CT molecular complexity index is 588. The van der Waals surface area contributed by atoms with Gasteiger partial charge in [0.15, 0.2) is 0 Å². The number of carbonyl (C=O) groups is 1. The average Bonchev–Trinajstić information content (AvgIpc) is 2.61. The molecule has 2 fully saturated rings. The molecule has 0 bridgehead atoms. The first-order valence-corrected chi connectivity index (χ1v) is 8.71. The molecular weight excluding hydrogens is 311 g/mol. The van der Waals surface area contributed by atoms with Crippen molar-refractivity contribution >= 4 is 5.91 Å². The Morgan fingerprint density at radius 1 is 1.21 bits per heavy atom. The van der Waals surface area contributed by atoms with E-state index in [1.54, 1.807) is 4.90 Å². The van der Waals surface area contributed by atoms with E-state index < -0.39 is 5.82 Å². The first-order chi connectivity index (χ1) is 11.6. The van der Waals surface area contributed by atoms with Crippen LogP contribution in [-0.4, -0.2) is 64.7 Å². The molecule has 1 aromatic carbocycles. The number of rotatable bonds is 3. The Morgan fingerprint density at radius 2 is 1.96 bits per heavy atom. The predicted molar refractivity (Wildman–Crippen MR) is 88.4 cm³/mol. The van der Waals surface area contributed by atoms with Crippen molar-refractivity contribution < 1.29 is 19.4 Å². The number of aliphatic hydroxyl groups is 1. The second-order valence-corrected chi connectivity index (χ2v) is 6.87. The number of aromatic hydroxyl groups is 1. The summed E-state index contributed by atoms with van der Waals surface area (Å²) in [4.78, 5) is 16.6. The molecule has 0 aliphatic carbocycles. The third-order valence-corrected chi connectivity index (χ3v) is 5.26. The molecule has 1 amide bonds. The first-order valence-electron chi connectivity index (χ1n) is 8.71. The number of likely N-dealkylation sites (tertiary alicyclic amines) is 2. The number of piperidine rings is 2. The van der Waals surface area contributed by atoms with Gasteiger partial charge < -0.3 is 15.1 Å². The maximum atomic E-state index is 13.9. The molecule has 2 aliphatic heterocycles. The smallest absolute Gasteiger partial charge is 0.256 e. The number of carbonyl (C=O) groups excluding carboxylic acids is 1. The third-order valence-electron chi connectivity index (χ3n) is 5.26. The van der Waals surface area contributed by atoms with Crippen LogP contribution in [0.15, 0.2) is 18.2 Å². The van der Waals surface area contributed by atoms with Gasteiger partial charge in [0.05, 0.1) is 5.56 Å². The number of phenolic OH excluding ortho intramolecular Hbond substituents is 1. The molecule has 3 rings (SSSR count). The molecular formula is C18H25FN2O3. The van der Waals surface area contributed by atoms with E-state index in [1.165, 1.54) is 12.1 Å². The number of aliphatic hydroxyl groups excluding tert-OH is 1. The summed E-state index contributed by atoms with van der Waals surface area (Å²) in [5.41, 5.74) is 0.0181. The summed E-state index contributed by atoms with van der Waals surface area (Å²) in [5.74, 6) is -0.794. The molecule has 132 valence electrons. The van der Waals surface area contributed by atoms with Crippen LogP contribution in [0, 0.1) is 11.7 Å². The molecule has 5 nitrogen and oxygen atoms in total. The summed E-state index contributed by atoms with van der Waals surface area (Å²) in [7, 11) is 0. The minimum absolute atomic E-state index is 0.0181. The van der Waals surface area contributed by atoms with Gasteiger partial charge in [0.1, 0.15) is 11.6 Å². The highest BCUT2D eigenvalue weighted by Gasteiger charge is 2.30. The van der Waals surface area contributed by atoms with Crippen LogP contribution in [0.1, 0.15) is 36.0 Å². The van der Waals surface area contributed by atoms with Gasteiger partial charge in [0.25, 0.3) is 5.91 Å². The van der Waals surface area contributed by atoms with E-state index in [0.29, 0.717) is 25.0 Å². The fourth-order valence-electron chi connectivity index (χ4n) is 3.86. The zero-order valence-electron chi connectivity index (χ0n) is 13.8. The van der Waals surface area contributed by atoms with E-state index in [4.69, 9.17) is 0 Å². The second-order valence-electron chi connectivity index (χ2n) is 6.87. The molecule has 0 saturated carbocycles. The molecule has 0 spiro atoms. The van der Waals surface area contributed by atoms with Gasteiger partial charge in [0, 0.05) is 38.3 Å². The van der Waals surface area contributed by atoms with Crippen LogP contribution in [0.2, 0.25) is 0 Å². The van der Waals surface area contributed by atoms with Gasteiger partial charge in [-0.25, -0.2) is 4.39 Å². The van der Waals surface area contributed by atoms with Gasteiger partial charge in [-0.3, -0.25) is 9.69 Å². The monoisotopic (exact) mass is 336 g/mol. The highest BCUT2D eigenvalue weighted by molar-refractivity contribution is 5.94. The molecule has 2 N–H and O–H groups in total. The van der Waals surface area contributed by atoms with Crippen molar-refractivity contribution in [1.82, 2.24) is 9.80 Å². The van der Waals surface area contributed by atoms with Crippen molar-refractivity contribution in [3.05, 3.63) is 29.6 Å². The molecule has 1 unspecified atom stereocenters. The van der Waals surface area contributed by atoms with Crippen molar-refractivity contribution in [2.75, 3.05) is 32.8 Å². The quantitative estimate of drug-likeness (QED) is 0.884. The normalized spacial score (nSPS) is 23.4. The van der Waals surface area contributed by atoms with Gasteiger partial charge in [-0.1, -0.05) is 0 Å². The fraction of sp³-hybridized carbons (Fsp3) is 0.611. The number of hydrogen-bond donors (Lipinski definition) is 2. The molecule has 0 aromatic heterocycles. The highest BCUT2D eigenvalue weighted by atomic mass is 19.1. The molecule has 0 radical (unpaired) electrons. The molecule has 1 aromatic rings. The number of amides is 1. The summed E-state index contributed by atoms with van der Waals surface area (Å²) < 4.78 is 13.9. The van der Waals surface area contributed by atoms with E-state index in [1.807, 2.05) is 0 Å². The molecule has 1 atom stereocenters. The summed E-state index contributed by atoms with van der Waals surface area (Å²) in [5, 5.41) is 18.6. The number of nitrogens with zero attached hydrogens (tertiary/aromatic N) is 2. The van der Waals surface area contributed by atoms with Gasteiger partial charge in [-0.2, -0.15) is 0 Å². The van der Waals surface area contributed by atoms with Gasteiger partial charge >= 0.3 is 0 Å². The van der Waals surface area contributed by atoms with Crippen LogP contribution in [0.4, 0.5) is 4.39 Å². The lowest BCUT2D eigenvalue weighted by atomic mass is 9.94. The minimum atomic E-state index is -0.677. The topological polar surface area (TPSA) is 64.0 Å². The predicted octanol–water partition coefficient (Wildman–Crippen LogP) is 1.84. The number of halogens is 1. The van der Waals surface area contributed by atoms with Crippen LogP contribution in [0.3, 0.4) is 0 Å². The Hall–Kier alpha value is -1.66. The van der Waals surface area contributed by atoms with Crippen LogP contribution in [0.25, 0.3) is 0 Å². The molecule has 6 heteroatoms. The average molecular weight is 336 g/mol. The zero-order valence-corrected chi connectivity index (χ0v) is 13.8. The van der Waals surface area contributed by atoms with Crippen molar-refractivity contribution in [2.45, 2.75) is 31.7 Å². The largest absolute Gasteiger partial charge is 0.508 e. The Kier molecular flexibility index (Phi) is 5.36. The van der Waals surface area contributed by atoms with E-state index in [-0.39, 0.29) is 23.8 Å². The first kappa shape index (κ1) is 17.2. The van der Waals surface area contributed by atoms with Crippen LogP contribution < -0.4 is 0 Å². The van der Waals surface area contributed by atoms with E-state index >= 15 is 0 Å². The molecule has 2 heterocycles. The minimum Gasteiger partial charge on any atom is -0.508 e. The van der Waals surface area contributed by atoms with E-state index in [9.17, 15) is 19.4 Å². The second kappa shape index (κ2) is 7.49.